The molecule has 0 aliphatic carbocycles. The van der Waals surface area contributed by atoms with Crippen LogP contribution in [0.25, 0.3) is 6.08 Å². The molecule has 1 aromatic heterocycles. The highest BCUT2D eigenvalue weighted by atomic mass is 79.9. The highest BCUT2D eigenvalue weighted by Crippen LogP contribution is 2.21. The lowest BCUT2D eigenvalue weighted by atomic mass is 10.2. The first kappa shape index (κ1) is 22.7. The lowest BCUT2D eigenvalue weighted by molar-refractivity contribution is -0.117. The molecule has 1 heterocycles. The van der Waals surface area contributed by atoms with Gasteiger partial charge >= 0.3 is 0 Å². The Morgan fingerprint density at radius 1 is 1.16 bits per heavy atom. The van der Waals surface area contributed by atoms with E-state index in [4.69, 9.17) is 16.3 Å². The Labute approximate surface area is 196 Å². The van der Waals surface area contributed by atoms with Gasteiger partial charge in [0.1, 0.15) is 11.4 Å². The highest BCUT2D eigenvalue weighted by molar-refractivity contribution is 9.10. The lowest BCUT2D eigenvalue weighted by Gasteiger charge is -2.10. The molecule has 2 N–H and O–H groups in total. The van der Waals surface area contributed by atoms with Gasteiger partial charge in [0, 0.05) is 14.9 Å². The fourth-order valence-corrected chi connectivity index (χ4v) is 3.79. The van der Waals surface area contributed by atoms with Gasteiger partial charge in [-0.2, -0.15) is 5.10 Å². The third kappa shape index (κ3) is 6.27. The number of thiophene rings is 1. The number of halogens is 2. The SMILES string of the molecule is COc1ccc(Br)cc1/C=N\NC(=O)/C(=C\c1cccs1)NC(=O)c1ccccc1Cl. The van der Waals surface area contributed by atoms with E-state index in [9.17, 15) is 9.59 Å². The molecule has 0 saturated carbocycles. The number of nitrogens with one attached hydrogen (secondary N) is 2. The first-order valence-corrected chi connectivity index (χ1v) is 11.0. The molecule has 2 amide bonds. The van der Waals surface area contributed by atoms with Gasteiger partial charge in [0.05, 0.1) is 23.9 Å². The van der Waals surface area contributed by atoms with Crippen LogP contribution in [-0.4, -0.2) is 25.1 Å². The zero-order chi connectivity index (χ0) is 22.2. The number of hydrazone groups is 1. The molecule has 0 atom stereocenters. The summed E-state index contributed by atoms with van der Waals surface area (Å²) in [5.41, 5.74) is 3.40. The van der Waals surface area contributed by atoms with E-state index in [2.05, 4.69) is 31.8 Å². The van der Waals surface area contributed by atoms with Crippen LogP contribution in [0.2, 0.25) is 5.02 Å². The smallest absolute Gasteiger partial charge is 0.287 e. The fourth-order valence-electron chi connectivity index (χ4n) is 2.54. The van der Waals surface area contributed by atoms with Crippen LogP contribution in [0.5, 0.6) is 5.75 Å². The molecule has 0 radical (unpaired) electrons. The van der Waals surface area contributed by atoms with Crippen molar-refractivity contribution in [2.24, 2.45) is 5.10 Å². The molecule has 3 aromatic rings. The molecule has 31 heavy (non-hydrogen) atoms. The quantitative estimate of drug-likeness (QED) is 0.260. The standard InChI is InChI=1S/C22H17BrClN3O3S/c1-30-20-9-8-15(23)11-14(20)13-25-27-22(29)19(12-16-5-4-10-31-16)26-21(28)17-6-2-3-7-18(17)24/h2-13H,1H3,(H,26,28)(H,27,29)/b19-12+,25-13-. The lowest BCUT2D eigenvalue weighted by Crippen LogP contribution is -2.33. The highest BCUT2D eigenvalue weighted by Gasteiger charge is 2.16. The van der Waals surface area contributed by atoms with Crippen molar-refractivity contribution in [1.82, 2.24) is 10.7 Å². The van der Waals surface area contributed by atoms with Gasteiger partial charge in [-0.15, -0.1) is 11.3 Å². The topological polar surface area (TPSA) is 79.8 Å². The first-order valence-electron chi connectivity index (χ1n) is 8.96. The zero-order valence-corrected chi connectivity index (χ0v) is 19.4. The van der Waals surface area contributed by atoms with Crippen LogP contribution in [0.15, 0.2) is 75.2 Å². The van der Waals surface area contributed by atoms with Gasteiger partial charge in [-0.3, -0.25) is 9.59 Å². The summed E-state index contributed by atoms with van der Waals surface area (Å²) < 4.78 is 6.12. The number of benzene rings is 2. The van der Waals surface area contributed by atoms with E-state index < -0.39 is 11.8 Å². The van der Waals surface area contributed by atoms with Crippen LogP contribution in [0.1, 0.15) is 20.8 Å². The molecule has 0 aliphatic rings. The van der Waals surface area contributed by atoms with Gasteiger partial charge in [0.15, 0.2) is 0 Å². The maximum atomic E-state index is 12.8. The molecule has 0 bridgehead atoms. The number of amides is 2. The maximum absolute atomic E-state index is 12.8. The third-order valence-corrected chi connectivity index (χ3v) is 5.64. The van der Waals surface area contributed by atoms with Gasteiger partial charge < -0.3 is 10.1 Å². The number of nitrogens with zero attached hydrogens (tertiary/aromatic N) is 1. The fraction of sp³-hybridized carbons (Fsp3) is 0.0455. The summed E-state index contributed by atoms with van der Waals surface area (Å²) in [6.07, 6.45) is 3.03. The van der Waals surface area contributed by atoms with Crippen LogP contribution < -0.4 is 15.5 Å². The first-order chi connectivity index (χ1) is 15.0. The molecule has 0 saturated heterocycles. The number of ether oxygens (including phenoxy) is 1. The van der Waals surface area contributed by atoms with Crippen molar-refractivity contribution in [2.45, 2.75) is 0 Å². The molecule has 0 unspecified atom stereocenters. The molecule has 0 spiro atoms. The summed E-state index contributed by atoms with van der Waals surface area (Å²) >= 11 is 10.9. The van der Waals surface area contributed by atoms with E-state index in [1.54, 1.807) is 49.6 Å². The molecule has 2 aromatic carbocycles. The Morgan fingerprint density at radius 3 is 2.68 bits per heavy atom. The summed E-state index contributed by atoms with van der Waals surface area (Å²) in [4.78, 5) is 26.2. The van der Waals surface area contributed by atoms with E-state index in [-0.39, 0.29) is 16.3 Å². The number of carbonyl (C=O) groups is 2. The Morgan fingerprint density at radius 2 is 1.97 bits per heavy atom. The Kier molecular flexibility index (Phi) is 8.00. The molecule has 158 valence electrons. The number of hydrogen-bond acceptors (Lipinski definition) is 5. The maximum Gasteiger partial charge on any atom is 0.287 e. The van der Waals surface area contributed by atoms with Crippen molar-refractivity contribution in [3.8, 4) is 5.75 Å². The Balaban J connectivity index is 1.80. The van der Waals surface area contributed by atoms with Gasteiger partial charge in [0.2, 0.25) is 0 Å². The van der Waals surface area contributed by atoms with Crippen LogP contribution in [-0.2, 0) is 4.79 Å². The summed E-state index contributed by atoms with van der Waals surface area (Å²) in [6.45, 7) is 0. The van der Waals surface area contributed by atoms with Crippen LogP contribution in [0.4, 0.5) is 0 Å². The summed E-state index contributed by atoms with van der Waals surface area (Å²) in [5, 5.41) is 8.78. The van der Waals surface area contributed by atoms with Crippen molar-refractivity contribution in [3.63, 3.8) is 0 Å². The summed E-state index contributed by atoms with van der Waals surface area (Å²) in [7, 11) is 1.55. The number of carbonyl (C=O) groups excluding carboxylic acids is 2. The van der Waals surface area contributed by atoms with Crippen LogP contribution >= 0.6 is 38.9 Å². The molecule has 0 aliphatic heterocycles. The van der Waals surface area contributed by atoms with Gasteiger partial charge in [-0.05, 0) is 47.9 Å². The van der Waals surface area contributed by atoms with Crippen LogP contribution in [0, 0.1) is 0 Å². The van der Waals surface area contributed by atoms with E-state index in [0.717, 1.165) is 9.35 Å². The van der Waals surface area contributed by atoms with E-state index in [0.29, 0.717) is 11.3 Å². The minimum Gasteiger partial charge on any atom is -0.496 e. The average Bonchev–Trinajstić information content (AvgIpc) is 3.27. The van der Waals surface area contributed by atoms with Crippen molar-refractivity contribution >= 4 is 63.0 Å². The van der Waals surface area contributed by atoms with E-state index in [1.165, 1.54) is 17.6 Å². The minimum absolute atomic E-state index is 0.0331. The van der Waals surface area contributed by atoms with Crippen molar-refractivity contribution in [3.05, 3.63) is 91.2 Å². The average molecular weight is 519 g/mol. The Hall–Kier alpha value is -2.94. The second kappa shape index (κ2) is 10.9. The van der Waals surface area contributed by atoms with Gasteiger partial charge in [0.25, 0.3) is 11.8 Å². The molecular weight excluding hydrogens is 502 g/mol. The molecule has 0 fully saturated rings. The van der Waals surface area contributed by atoms with Gasteiger partial charge in [-0.25, -0.2) is 5.43 Å². The number of methoxy groups -OCH3 is 1. The van der Waals surface area contributed by atoms with Gasteiger partial charge in [-0.1, -0.05) is 45.7 Å². The summed E-state index contributed by atoms with van der Waals surface area (Å²) in [5.74, 6) is -0.484. The minimum atomic E-state index is -0.584. The number of rotatable bonds is 7. The Bertz CT molecular complexity index is 1150. The normalized spacial score (nSPS) is 11.4. The van der Waals surface area contributed by atoms with Crippen molar-refractivity contribution < 1.29 is 14.3 Å². The van der Waals surface area contributed by atoms with Crippen molar-refractivity contribution in [2.75, 3.05) is 7.11 Å². The second-order valence-electron chi connectivity index (χ2n) is 6.09. The molecule has 3 rings (SSSR count). The monoisotopic (exact) mass is 517 g/mol. The largest absolute Gasteiger partial charge is 0.496 e. The second-order valence-corrected chi connectivity index (χ2v) is 8.39. The molecule has 9 heteroatoms. The molecular formula is C22H17BrClN3O3S. The molecule has 6 nitrogen and oxygen atoms in total. The van der Waals surface area contributed by atoms with E-state index >= 15 is 0 Å². The van der Waals surface area contributed by atoms with Crippen LogP contribution in [0.3, 0.4) is 0 Å². The predicted octanol–water partition coefficient (Wildman–Crippen LogP) is 5.09. The summed E-state index contributed by atoms with van der Waals surface area (Å²) in [6, 6.07) is 15.7. The third-order valence-electron chi connectivity index (χ3n) is 4.00. The van der Waals surface area contributed by atoms with Crippen molar-refractivity contribution in [1.29, 1.82) is 0 Å². The number of hydrogen-bond donors (Lipinski definition) is 2. The predicted molar refractivity (Wildman–Crippen MR) is 128 cm³/mol. The zero-order valence-electron chi connectivity index (χ0n) is 16.3. The van der Waals surface area contributed by atoms with E-state index in [1.807, 2.05) is 23.6 Å².